The number of benzene rings is 3. The van der Waals surface area contributed by atoms with Crippen LogP contribution < -0.4 is 16.2 Å². The van der Waals surface area contributed by atoms with Crippen molar-refractivity contribution in [3.05, 3.63) is 92.3 Å². The number of nitrogens with one attached hydrogen (secondary N) is 3. The van der Waals surface area contributed by atoms with Gasteiger partial charge >= 0.3 is 5.69 Å². The third kappa shape index (κ3) is 4.53. The zero-order chi connectivity index (χ0) is 21.8. The second kappa shape index (κ2) is 8.92. The number of rotatable bonds is 6. The van der Waals surface area contributed by atoms with Gasteiger partial charge in [-0.05, 0) is 63.7 Å². The maximum atomic E-state index is 12.7. The van der Waals surface area contributed by atoms with E-state index in [-0.39, 0.29) is 17.3 Å². The van der Waals surface area contributed by atoms with Gasteiger partial charge in [0.15, 0.2) is 0 Å². The van der Waals surface area contributed by atoms with Crippen LogP contribution in [0.3, 0.4) is 0 Å². The van der Waals surface area contributed by atoms with Gasteiger partial charge in [-0.25, -0.2) is 9.97 Å². The Kier molecular flexibility index (Phi) is 5.89. The van der Waals surface area contributed by atoms with Crippen molar-refractivity contribution in [2.45, 2.75) is 0 Å². The SMILES string of the molecule is O=C(NNc1ncnc(Nc2ccc(I)cc2)c1[N+](=O)[O-])c1cccc2ccccc12. The van der Waals surface area contributed by atoms with Crippen LogP contribution in [0, 0.1) is 13.7 Å². The number of amides is 1. The number of carbonyl (C=O) groups is 1. The van der Waals surface area contributed by atoms with Crippen LogP contribution in [0.1, 0.15) is 10.4 Å². The lowest BCUT2D eigenvalue weighted by Gasteiger charge is -2.12. The Balaban J connectivity index is 1.58. The fourth-order valence-corrected chi connectivity index (χ4v) is 3.37. The highest BCUT2D eigenvalue weighted by Crippen LogP contribution is 2.31. The van der Waals surface area contributed by atoms with Crippen LogP contribution in [0.2, 0.25) is 0 Å². The lowest BCUT2D eigenvalue weighted by atomic mass is 10.0. The number of halogens is 1. The molecule has 0 saturated heterocycles. The van der Waals surface area contributed by atoms with Crippen molar-refractivity contribution in [1.82, 2.24) is 15.4 Å². The summed E-state index contributed by atoms with van der Waals surface area (Å²) in [5, 5.41) is 16.3. The summed E-state index contributed by atoms with van der Waals surface area (Å²) in [5.74, 6) is -0.582. The Morgan fingerprint density at radius 1 is 0.935 bits per heavy atom. The summed E-state index contributed by atoms with van der Waals surface area (Å²) in [4.78, 5) is 31.7. The predicted molar refractivity (Wildman–Crippen MR) is 126 cm³/mol. The van der Waals surface area contributed by atoms with Gasteiger partial charge in [0.25, 0.3) is 5.91 Å². The molecule has 0 radical (unpaired) electrons. The highest BCUT2D eigenvalue weighted by molar-refractivity contribution is 14.1. The number of hydrazine groups is 1. The number of carbonyl (C=O) groups excluding carboxylic acids is 1. The Morgan fingerprint density at radius 3 is 2.42 bits per heavy atom. The topological polar surface area (TPSA) is 122 Å². The molecule has 3 N–H and O–H groups in total. The number of nitro groups is 1. The molecule has 4 aromatic rings. The minimum atomic E-state index is -0.610. The molecule has 0 unspecified atom stereocenters. The van der Waals surface area contributed by atoms with E-state index in [1.165, 1.54) is 6.33 Å². The highest BCUT2D eigenvalue weighted by Gasteiger charge is 2.24. The van der Waals surface area contributed by atoms with Crippen molar-refractivity contribution >= 4 is 62.3 Å². The Labute approximate surface area is 190 Å². The van der Waals surface area contributed by atoms with Gasteiger partial charge in [0.1, 0.15) is 6.33 Å². The molecular weight excluding hydrogens is 511 g/mol. The largest absolute Gasteiger partial charge is 0.355 e. The first-order valence-corrected chi connectivity index (χ1v) is 10.2. The molecule has 0 fully saturated rings. The molecule has 3 aromatic carbocycles. The third-order valence-corrected chi connectivity index (χ3v) is 5.16. The molecular formula is C21H15IN6O3. The summed E-state index contributed by atoms with van der Waals surface area (Å²) in [6.07, 6.45) is 1.18. The molecule has 4 rings (SSSR count). The molecule has 0 aliphatic rings. The Morgan fingerprint density at radius 2 is 1.65 bits per heavy atom. The number of hydrogen-bond acceptors (Lipinski definition) is 7. The van der Waals surface area contributed by atoms with Crippen LogP contribution in [-0.2, 0) is 0 Å². The van der Waals surface area contributed by atoms with E-state index in [2.05, 4.69) is 48.7 Å². The van der Waals surface area contributed by atoms with Crippen LogP contribution in [0.15, 0.2) is 73.1 Å². The third-order valence-electron chi connectivity index (χ3n) is 4.44. The quantitative estimate of drug-likeness (QED) is 0.190. The molecule has 0 spiro atoms. The van der Waals surface area contributed by atoms with Crippen molar-refractivity contribution in [2.24, 2.45) is 0 Å². The molecule has 0 bridgehead atoms. The fraction of sp³-hybridized carbons (Fsp3) is 0. The lowest BCUT2D eigenvalue weighted by Crippen LogP contribution is -2.30. The van der Waals surface area contributed by atoms with Gasteiger partial charge in [-0.3, -0.25) is 25.8 Å². The lowest BCUT2D eigenvalue weighted by molar-refractivity contribution is -0.383. The monoisotopic (exact) mass is 526 g/mol. The zero-order valence-electron chi connectivity index (χ0n) is 15.9. The minimum Gasteiger partial charge on any atom is -0.334 e. The van der Waals surface area contributed by atoms with Gasteiger partial charge in [0, 0.05) is 14.8 Å². The molecule has 0 atom stereocenters. The van der Waals surface area contributed by atoms with Gasteiger partial charge in [-0.1, -0.05) is 36.4 Å². The number of nitrogens with zero attached hydrogens (tertiary/aromatic N) is 3. The maximum absolute atomic E-state index is 12.7. The van der Waals surface area contributed by atoms with Gasteiger partial charge in [0.2, 0.25) is 11.6 Å². The normalized spacial score (nSPS) is 10.5. The molecule has 1 heterocycles. The first-order valence-electron chi connectivity index (χ1n) is 9.09. The van der Waals surface area contributed by atoms with Crippen molar-refractivity contribution in [3.8, 4) is 0 Å². The average Bonchev–Trinajstić information content (AvgIpc) is 2.78. The molecule has 10 heteroatoms. The standard InChI is InChI=1S/C21H15IN6O3/c22-14-8-10-15(11-9-14)25-19-18(28(30)31)20(24-12-23-19)26-27-21(29)17-7-3-5-13-4-1-2-6-16(13)17/h1-12H,(H,27,29)(H2,23,24,25,26). The van der Waals surface area contributed by atoms with Crippen molar-refractivity contribution in [1.29, 1.82) is 0 Å². The summed E-state index contributed by atoms with van der Waals surface area (Å²) in [6, 6.07) is 20.1. The fourth-order valence-electron chi connectivity index (χ4n) is 3.01. The predicted octanol–water partition coefficient (Wildman–Crippen LogP) is 4.64. The second-order valence-corrected chi connectivity index (χ2v) is 7.66. The number of fused-ring (bicyclic) bond motifs is 1. The number of hydrogen-bond donors (Lipinski definition) is 3. The highest BCUT2D eigenvalue weighted by atomic mass is 127. The minimum absolute atomic E-state index is 0.00289. The summed E-state index contributed by atoms with van der Waals surface area (Å²) in [6.45, 7) is 0. The second-order valence-electron chi connectivity index (χ2n) is 6.41. The summed E-state index contributed by atoms with van der Waals surface area (Å²) >= 11 is 2.17. The molecule has 0 aliphatic heterocycles. The van der Waals surface area contributed by atoms with Crippen molar-refractivity contribution < 1.29 is 9.72 Å². The Bertz CT molecular complexity index is 1270. The molecule has 9 nitrogen and oxygen atoms in total. The average molecular weight is 526 g/mol. The number of anilines is 3. The van der Waals surface area contributed by atoms with E-state index in [1.54, 1.807) is 24.3 Å². The van der Waals surface area contributed by atoms with Crippen LogP contribution in [0.5, 0.6) is 0 Å². The van der Waals surface area contributed by atoms with Crippen LogP contribution in [-0.4, -0.2) is 20.8 Å². The van der Waals surface area contributed by atoms with Crippen molar-refractivity contribution in [3.63, 3.8) is 0 Å². The van der Waals surface area contributed by atoms with E-state index in [0.717, 1.165) is 14.3 Å². The van der Waals surface area contributed by atoms with Crippen LogP contribution in [0.25, 0.3) is 10.8 Å². The summed E-state index contributed by atoms with van der Waals surface area (Å²) < 4.78 is 1.03. The van der Waals surface area contributed by atoms with Gasteiger partial charge in [0.05, 0.1) is 4.92 Å². The van der Waals surface area contributed by atoms with Gasteiger partial charge in [-0.2, -0.15) is 0 Å². The van der Waals surface area contributed by atoms with E-state index in [0.29, 0.717) is 11.3 Å². The molecule has 31 heavy (non-hydrogen) atoms. The van der Waals surface area contributed by atoms with E-state index < -0.39 is 10.8 Å². The number of aromatic nitrogens is 2. The van der Waals surface area contributed by atoms with Crippen molar-refractivity contribution in [2.75, 3.05) is 10.7 Å². The molecule has 0 aliphatic carbocycles. The molecule has 1 aromatic heterocycles. The smallest absolute Gasteiger partial charge is 0.334 e. The molecule has 1 amide bonds. The van der Waals surface area contributed by atoms with E-state index >= 15 is 0 Å². The van der Waals surface area contributed by atoms with Crippen LogP contribution >= 0.6 is 22.6 Å². The summed E-state index contributed by atoms with van der Waals surface area (Å²) in [7, 11) is 0. The zero-order valence-corrected chi connectivity index (χ0v) is 18.0. The Hall–Kier alpha value is -3.80. The van der Waals surface area contributed by atoms with Crippen LogP contribution in [0.4, 0.5) is 23.0 Å². The van der Waals surface area contributed by atoms with Gasteiger partial charge in [-0.15, -0.1) is 0 Å². The first kappa shape index (κ1) is 20.5. The molecule has 0 saturated carbocycles. The molecule has 154 valence electrons. The van der Waals surface area contributed by atoms with E-state index in [9.17, 15) is 14.9 Å². The maximum Gasteiger partial charge on any atom is 0.355 e. The first-order chi connectivity index (χ1) is 15.0. The summed E-state index contributed by atoms with van der Waals surface area (Å²) in [5.41, 5.74) is 5.72. The van der Waals surface area contributed by atoms with E-state index in [1.807, 2.05) is 42.5 Å². The van der Waals surface area contributed by atoms with Gasteiger partial charge < -0.3 is 5.32 Å². The van der Waals surface area contributed by atoms with E-state index in [4.69, 9.17) is 0 Å².